The number of anilines is 1. The predicted molar refractivity (Wildman–Crippen MR) is 124 cm³/mol. The number of nitrogens with one attached hydrogen (secondary N) is 2. The Bertz CT molecular complexity index is 1230. The van der Waals surface area contributed by atoms with Crippen molar-refractivity contribution in [2.75, 3.05) is 19.0 Å². The number of nitrogens with two attached hydrogens (primary N) is 1. The molecule has 4 rings (SSSR count). The molecule has 4 N–H and O–H groups in total. The van der Waals surface area contributed by atoms with Gasteiger partial charge in [0, 0.05) is 30.6 Å². The minimum absolute atomic E-state index is 0.0322. The number of pyridine rings is 1. The number of halogens is 1. The number of hydrogen-bond donors (Lipinski definition) is 3. The number of ether oxygens (including phenoxy) is 1. The number of fused-ring (bicyclic) bond motifs is 1. The summed E-state index contributed by atoms with van der Waals surface area (Å²) in [5.74, 6) is 1.81. The fourth-order valence-corrected chi connectivity index (χ4v) is 4.02. The summed E-state index contributed by atoms with van der Waals surface area (Å²) in [5.41, 5.74) is 7.96. The standard InChI is InChI=1S/C22H28FN9O/c1-5-31-20(13-8-15(23)22(33-4)26-9-13)30-17-19(27-11-28-21(17)31)29-14-6-7-16(24)32(10-14)18(25)12(2)3/h8-9,11-12,14,24-25H,5-7,10H2,1-4H3,(H,27,28,29)/p+1. The van der Waals surface area contributed by atoms with Crippen molar-refractivity contribution in [2.24, 2.45) is 11.7 Å². The number of aromatic nitrogens is 5. The van der Waals surface area contributed by atoms with E-state index in [0.717, 1.165) is 6.42 Å². The van der Waals surface area contributed by atoms with Gasteiger partial charge in [-0.25, -0.2) is 28.9 Å². The fraction of sp³-hybridized carbons (Fsp3) is 0.455. The number of imidazole rings is 1. The molecular formula is C22H29FN9O+. The number of aryl methyl sites for hydroxylation is 1. The molecule has 1 atom stereocenters. The summed E-state index contributed by atoms with van der Waals surface area (Å²) in [4.78, 5) is 17.7. The SMILES string of the molecule is CCn1c(-c2cnc(OC)c(F)c2)nc2c(NC3CCC(N)=[N+](C(=N)C(C)C)C3)ncnc21. The summed E-state index contributed by atoms with van der Waals surface area (Å²) in [6.07, 6.45) is 4.53. The van der Waals surface area contributed by atoms with Crippen LogP contribution in [0.1, 0.15) is 33.6 Å². The van der Waals surface area contributed by atoms with E-state index in [1.807, 2.05) is 29.9 Å². The lowest BCUT2D eigenvalue weighted by Gasteiger charge is -2.26. The van der Waals surface area contributed by atoms with Crippen molar-refractivity contribution in [3.05, 3.63) is 24.4 Å². The number of hydrogen-bond acceptors (Lipinski definition) is 8. The lowest BCUT2D eigenvalue weighted by molar-refractivity contribution is -0.424. The molecule has 0 fully saturated rings. The van der Waals surface area contributed by atoms with Gasteiger partial charge in [-0.05, 0) is 19.4 Å². The van der Waals surface area contributed by atoms with Crippen molar-refractivity contribution in [1.29, 1.82) is 5.41 Å². The van der Waals surface area contributed by atoms with Crippen LogP contribution in [-0.4, -0.2) is 60.4 Å². The average Bonchev–Trinajstić information content (AvgIpc) is 3.19. The Balaban J connectivity index is 1.69. The predicted octanol–water partition coefficient (Wildman–Crippen LogP) is 2.63. The molecule has 1 aliphatic heterocycles. The fourth-order valence-electron chi connectivity index (χ4n) is 4.02. The molecule has 1 unspecified atom stereocenters. The van der Waals surface area contributed by atoms with Crippen LogP contribution in [0, 0.1) is 17.1 Å². The van der Waals surface area contributed by atoms with Gasteiger partial charge in [-0.2, -0.15) is 5.41 Å². The van der Waals surface area contributed by atoms with Crippen LogP contribution in [0.2, 0.25) is 0 Å². The Kier molecular flexibility index (Phi) is 6.21. The third-order valence-electron chi connectivity index (χ3n) is 5.78. The largest absolute Gasteiger partial charge is 0.479 e. The second-order valence-electron chi connectivity index (χ2n) is 8.31. The van der Waals surface area contributed by atoms with E-state index in [-0.39, 0.29) is 17.8 Å². The van der Waals surface area contributed by atoms with Gasteiger partial charge in [-0.15, -0.1) is 0 Å². The van der Waals surface area contributed by atoms with E-state index in [1.165, 1.54) is 25.7 Å². The molecule has 1 aliphatic rings. The zero-order valence-corrected chi connectivity index (χ0v) is 19.3. The maximum Gasteiger partial charge on any atom is 0.250 e. The third kappa shape index (κ3) is 4.22. The number of rotatable bonds is 6. The van der Waals surface area contributed by atoms with E-state index < -0.39 is 5.82 Å². The van der Waals surface area contributed by atoms with Crippen molar-refractivity contribution >= 4 is 28.7 Å². The van der Waals surface area contributed by atoms with E-state index in [4.69, 9.17) is 20.9 Å². The highest BCUT2D eigenvalue weighted by Crippen LogP contribution is 2.29. The monoisotopic (exact) mass is 454 g/mol. The Morgan fingerprint density at radius 1 is 1.39 bits per heavy atom. The van der Waals surface area contributed by atoms with Crippen LogP contribution in [0.4, 0.5) is 10.2 Å². The van der Waals surface area contributed by atoms with Crippen LogP contribution in [0.3, 0.4) is 0 Å². The van der Waals surface area contributed by atoms with Crippen molar-refractivity contribution in [1.82, 2.24) is 24.5 Å². The van der Waals surface area contributed by atoms with E-state index in [0.29, 0.717) is 59.6 Å². The summed E-state index contributed by atoms with van der Waals surface area (Å²) < 4.78 is 23.0. The maximum atomic E-state index is 14.3. The molecule has 0 saturated carbocycles. The minimum Gasteiger partial charge on any atom is -0.479 e. The Hall–Kier alpha value is -3.63. The number of amidine groups is 2. The summed E-state index contributed by atoms with van der Waals surface area (Å²) in [5, 5.41) is 11.8. The first kappa shape index (κ1) is 22.6. The van der Waals surface area contributed by atoms with Crippen LogP contribution in [-0.2, 0) is 6.54 Å². The molecule has 0 saturated heterocycles. The van der Waals surface area contributed by atoms with Crippen LogP contribution in [0.15, 0.2) is 18.6 Å². The topological polar surface area (TPSA) is 131 Å². The van der Waals surface area contributed by atoms with Crippen molar-refractivity contribution < 1.29 is 13.7 Å². The normalized spacial score (nSPS) is 16.5. The molecule has 0 radical (unpaired) electrons. The Morgan fingerprint density at radius 3 is 2.85 bits per heavy atom. The second kappa shape index (κ2) is 9.08. The van der Waals surface area contributed by atoms with E-state index in [9.17, 15) is 4.39 Å². The quantitative estimate of drug-likeness (QED) is 0.296. The average molecular weight is 455 g/mol. The summed E-state index contributed by atoms with van der Waals surface area (Å²) in [7, 11) is 1.38. The van der Waals surface area contributed by atoms with Gasteiger partial charge in [0.25, 0.3) is 0 Å². The van der Waals surface area contributed by atoms with Gasteiger partial charge in [0.1, 0.15) is 12.2 Å². The van der Waals surface area contributed by atoms with Crippen molar-refractivity contribution in [3.63, 3.8) is 0 Å². The first-order valence-corrected chi connectivity index (χ1v) is 11.0. The van der Waals surface area contributed by atoms with E-state index in [2.05, 4.69) is 20.3 Å². The number of nitrogens with zero attached hydrogens (tertiary/aromatic N) is 6. The van der Waals surface area contributed by atoms with Gasteiger partial charge in [0.15, 0.2) is 28.6 Å². The summed E-state index contributed by atoms with van der Waals surface area (Å²) in [6, 6.07) is 1.39. The molecule has 0 bridgehead atoms. The minimum atomic E-state index is -0.558. The van der Waals surface area contributed by atoms with E-state index >= 15 is 0 Å². The van der Waals surface area contributed by atoms with Gasteiger partial charge in [0.2, 0.25) is 11.7 Å². The summed E-state index contributed by atoms with van der Waals surface area (Å²) in [6.45, 7) is 7.10. The molecule has 0 amide bonds. The smallest absolute Gasteiger partial charge is 0.250 e. The van der Waals surface area contributed by atoms with Crippen molar-refractivity contribution in [2.45, 2.75) is 46.2 Å². The highest BCUT2D eigenvalue weighted by atomic mass is 19.1. The highest BCUT2D eigenvalue weighted by molar-refractivity contribution is 5.87. The van der Waals surface area contributed by atoms with Gasteiger partial charge in [0.05, 0.1) is 19.7 Å². The first-order chi connectivity index (χ1) is 15.8. The molecule has 11 heteroatoms. The molecule has 0 aromatic carbocycles. The van der Waals surface area contributed by atoms with Gasteiger partial charge in [-0.1, -0.05) is 13.8 Å². The second-order valence-corrected chi connectivity index (χ2v) is 8.31. The van der Waals surface area contributed by atoms with Crippen LogP contribution in [0.25, 0.3) is 22.6 Å². The Labute approximate surface area is 191 Å². The lowest BCUT2D eigenvalue weighted by Crippen LogP contribution is -2.46. The first-order valence-electron chi connectivity index (χ1n) is 11.0. The number of methoxy groups -OCH3 is 1. The molecule has 3 aromatic rings. The van der Waals surface area contributed by atoms with Crippen LogP contribution < -0.4 is 15.8 Å². The van der Waals surface area contributed by atoms with Gasteiger partial charge < -0.3 is 20.4 Å². The molecule has 4 heterocycles. The zero-order chi connectivity index (χ0) is 23.7. The maximum absolute atomic E-state index is 14.3. The van der Waals surface area contributed by atoms with Gasteiger partial charge in [-0.3, -0.25) is 0 Å². The van der Waals surface area contributed by atoms with Crippen molar-refractivity contribution in [3.8, 4) is 17.3 Å². The molecular weight excluding hydrogens is 425 g/mol. The third-order valence-corrected chi connectivity index (χ3v) is 5.78. The molecule has 0 spiro atoms. The Morgan fingerprint density at radius 2 is 2.18 bits per heavy atom. The van der Waals surface area contributed by atoms with E-state index in [1.54, 1.807) is 0 Å². The van der Waals surface area contributed by atoms with Crippen LogP contribution in [0.5, 0.6) is 5.88 Å². The molecule has 174 valence electrons. The molecule has 3 aromatic heterocycles. The highest BCUT2D eigenvalue weighted by Gasteiger charge is 2.28. The molecule has 33 heavy (non-hydrogen) atoms. The zero-order valence-electron chi connectivity index (χ0n) is 19.3. The van der Waals surface area contributed by atoms with Crippen LogP contribution >= 0.6 is 0 Å². The lowest BCUT2D eigenvalue weighted by atomic mass is 10.0. The summed E-state index contributed by atoms with van der Waals surface area (Å²) >= 11 is 0. The van der Waals surface area contributed by atoms with Gasteiger partial charge >= 0.3 is 0 Å². The molecule has 10 nitrogen and oxygen atoms in total. The molecule has 0 aliphatic carbocycles.